The van der Waals surface area contributed by atoms with E-state index in [-0.39, 0.29) is 6.04 Å². The van der Waals surface area contributed by atoms with Crippen LogP contribution in [0.5, 0.6) is 0 Å². The summed E-state index contributed by atoms with van der Waals surface area (Å²) < 4.78 is 26.6. The van der Waals surface area contributed by atoms with Gasteiger partial charge in [0.2, 0.25) is 0 Å². The summed E-state index contributed by atoms with van der Waals surface area (Å²) in [5, 5.41) is 3.16. The van der Waals surface area contributed by atoms with Crippen molar-refractivity contribution in [2.24, 2.45) is 5.41 Å². The van der Waals surface area contributed by atoms with Gasteiger partial charge in [-0.2, -0.15) is 0 Å². The highest BCUT2D eigenvalue weighted by Crippen LogP contribution is 2.29. The van der Waals surface area contributed by atoms with Crippen molar-refractivity contribution in [2.45, 2.75) is 32.7 Å². The molecular weight excluding hydrogens is 258 g/mol. The molecule has 1 atom stereocenters. The van der Waals surface area contributed by atoms with Gasteiger partial charge in [-0.05, 0) is 56.1 Å². The van der Waals surface area contributed by atoms with Gasteiger partial charge in [-0.3, -0.25) is 0 Å². The Labute approximate surface area is 120 Å². The molecule has 2 nitrogen and oxygen atoms in total. The maximum atomic E-state index is 13.3. The number of halogens is 2. The first-order valence-electron chi connectivity index (χ1n) is 7.25. The van der Waals surface area contributed by atoms with Gasteiger partial charge >= 0.3 is 0 Å². The van der Waals surface area contributed by atoms with Crippen molar-refractivity contribution in [3.63, 3.8) is 0 Å². The molecule has 0 aromatic heterocycles. The summed E-state index contributed by atoms with van der Waals surface area (Å²) in [6.45, 7) is 7.73. The lowest BCUT2D eigenvalue weighted by Crippen LogP contribution is -2.28. The molecule has 0 bridgehead atoms. The topological polar surface area (TPSA) is 15.3 Å². The molecule has 1 aliphatic heterocycles. The lowest BCUT2D eigenvalue weighted by Gasteiger charge is -2.23. The van der Waals surface area contributed by atoms with Gasteiger partial charge in [0, 0.05) is 18.7 Å². The number of benzene rings is 1. The Hall–Kier alpha value is -1.00. The van der Waals surface area contributed by atoms with E-state index in [9.17, 15) is 8.78 Å². The number of hydrogen-bond donors (Lipinski definition) is 1. The third-order valence-corrected chi connectivity index (χ3v) is 4.13. The molecule has 112 valence electrons. The average Bonchev–Trinajstić information content (AvgIpc) is 2.68. The van der Waals surface area contributed by atoms with Crippen LogP contribution in [0.3, 0.4) is 0 Å². The first-order valence-corrected chi connectivity index (χ1v) is 7.25. The third kappa shape index (κ3) is 4.00. The molecule has 1 unspecified atom stereocenters. The minimum absolute atomic E-state index is 0.0103. The Morgan fingerprint density at radius 2 is 1.90 bits per heavy atom. The second-order valence-corrected chi connectivity index (χ2v) is 6.52. The molecule has 20 heavy (non-hydrogen) atoms. The quantitative estimate of drug-likeness (QED) is 0.891. The normalized spacial score (nSPS) is 20.2. The standard InChI is InChI=1S/C16H24F2N2/c1-16(2)5-7-20(11-16)6-4-15(19-3)12-8-13(17)10-14(18)9-12/h8-10,15,19H,4-7,11H2,1-3H3. The van der Waals surface area contributed by atoms with Crippen molar-refractivity contribution in [1.82, 2.24) is 10.2 Å². The molecule has 1 saturated heterocycles. The summed E-state index contributed by atoms with van der Waals surface area (Å²) in [5.41, 5.74) is 1.07. The third-order valence-electron chi connectivity index (χ3n) is 4.13. The van der Waals surface area contributed by atoms with Crippen molar-refractivity contribution in [3.05, 3.63) is 35.4 Å². The van der Waals surface area contributed by atoms with Gasteiger partial charge in [0.25, 0.3) is 0 Å². The molecule has 1 aliphatic rings. The van der Waals surface area contributed by atoms with Crippen LogP contribution in [0.1, 0.15) is 38.3 Å². The number of nitrogens with one attached hydrogen (secondary N) is 1. The van der Waals surface area contributed by atoms with Gasteiger partial charge < -0.3 is 10.2 Å². The average molecular weight is 282 g/mol. The summed E-state index contributed by atoms with van der Waals surface area (Å²) in [5.74, 6) is -1.02. The smallest absolute Gasteiger partial charge is 0.126 e. The van der Waals surface area contributed by atoms with E-state index < -0.39 is 11.6 Å². The molecule has 1 aromatic rings. The highest BCUT2D eigenvalue weighted by Gasteiger charge is 2.29. The predicted octanol–water partition coefficient (Wildman–Crippen LogP) is 3.35. The zero-order valence-electron chi connectivity index (χ0n) is 12.5. The Morgan fingerprint density at radius 1 is 1.25 bits per heavy atom. The van der Waals surface area contributed by atoms with Gasteiger partial charge in [0.15, 0.2) is 0 Å². The number of likely N-dealkylation sites (tertiary alicyclic amines) is 1. The Morgan fingerprint density at radius 3 is 2.40 bits per heavy atom. The van der Waals surface area contributed by atoms with Gasteiger partial charge in [-0.15, -0.1) is 0 Å². The van der Waals surface area contributed by atoms with E-state index >= 15 is 0 Å². The molecule has 1 heterocycles. The molecule has 0 amide bonds. The fraction of sp³-hybridized carbons (Fsp3) is 0.625. The fourth-order valence-electron chi connectivity index (χ4n) is 2.98. The van der Waals surface area contributed by atoms with Gasteiger partial charge in [-0.25, -0.2) is 8.78 Å². The predicted molar refractivity (Wildman–Crippen MR) is 77.6 cm³/mol. The first-order chi connectivity index (χ1) is 9.39. The second kappa shape index (κ2) is 6.19. The molecule has 0 aliphatic carbocycles. The summed E-state index contributed by atoms with van der Waals surface area (Å²) in [6, 6.07) is 3.74. The Kier molecular flexibility index (Phi) is 4.76. The van der Waals surface area contributed by atoms with Crippen molar-refractivity contribution < 1.29 is 8.78 Å². The number of rotatable bonds is 5. The minimum Gasteiger partial charge on any atom is -0.313 e. The minimum atomic E-state index is -0.512. The number of nitrogens with zero attached hydrogens (tertiary/aromatic N) is 1. The van der Waals surface area contributed by atoms with Gasteiger partial charge in [0.1, 0.15) is 11.6 Å². The molecule has 1 fully saturated rings. The van der Waals surface area contributed by atoms with Crippen LogP contribution in [0, 0.1) is 17.0 Å². The Bertz CT molecular complexity index is 440. The van der Waals surface area contributed by atoms with Crippen LogP contribution in [0.4, 0.5) is 8.78 Å². The molecule has 0 saturated carbocycles. The van der Waals surface area contributed by atoms with E-state index in [2.05, 4.69) is 24.1 Å². The van der Waals surface area contributed by atoms with E-state index in [0.29, 0.717) is 11.0 Å². The van der Waals surface area contributed by atoms with Gasteiger partial charge in [-0.1, -0.05) is 13.8 Å². The van der Waals surface area contributed by atoms with Crippen molar-refractivity contribution >= 4 is 0 Å². The zero-order valence-corrected chi connectivity index (χ0v) is 12.5. The summed E-state index contributed by atoms with van der Waals surface area (Å²) in [7, 11) is 1.83. The number of hydrogen-bond acceptors (Lipinski definition) is 2. The van der Waals surface area contributed by atoms with Crippen molar-refractivity contribution in [2.75, 3.05) is 26.7 Å². The van der Waals surface area contributed by atoms with Crippen LogP contribution < -0.4 is 5.32 Å². The zero-order chi connectivity index (χ0) is 14.8. The van der Waals surface area contributed by atoms with Crippen molar-refractivity contribution in [1.29, 1.82) is 0 Å². The first kappa shape index (κ1) is 15.4. The molecule has 0 spiro atoms. The lowest BCUT2D eigenvalue weighted by molar-refractivity contribution is 0.276. The van der Waals surface area contributed by atoms with E-state index in [1.807, 2.05) is 7.05 Å². The van der Waals surface area contributed by atoms with Crippen molar-refractivity contribution in [3.8, 4) is 0 Å². The van der Waals surface area contributed by atoms with E-state index in [4.69, 9.17) is 0 Å². The highest BCUT2D eigenvalue weighted by molar-refractivity contribution is 5.21. The maximum Gasteiger partial charge on any atom is 0.126 e. The van der Waals surface area contributed by atoms with Crippen LogP contribution in [0.2, 0.25) is 0 Å². The summed E-state index contributed by atoms with van der Waals surface area (Å²) in [4.78, 5) is 2.43. The summed E-state index contributed by atoms with van der Waals surface area (Å²) >= 11 is 0. The maximum absolute atomic E-state index is 13.3. The SMILES string of the molecule is CNC(CCN1CCC(C)(C)C1)c1cc(F)cc(F)c1. The second-order valence-electron chi connectivity index (χ2n) is 6.52. The fourth-order valence-corrected chi connectivity index (χ4v) is 2.98. The molecule has 2 rings (SSSR count). The van der Waals surface area contributed by atoms with Crippen LogP contribution in [0.25, 0.3) is 0 Å². The highest BCUT2D eigenvalue weighted by atomic mass is 19.1. The lowest BCUT2D eigenvalue weighted by atomic mass is 9.93. The van der Waals surface area contributed by atoms with E-state index in [0.717, 1.165) is 32.1 Å². The van der Waals surface area contributed by atoms with Crippen LogP contribution in [-0.4, -0.2) is 31.6 Å². The van der Waals surface area contributed by atoms with E-state index in [1.165, 1.54) is 18.6 Å². The van der Waals surface area contributed by atoms with Crippen LogP contribution in [0.15, 0.2) is 18.2 Å². The molecule has 0 radical (unpaired) electrons. The monoisotopic (exact) mass is 282 g/mol. The van der Waals surface area contributed by atoms with Crippen LogP contribution >= 0.6 is 0 Å². The van der Waals surface area contributed by atoms with Gasteiger partial charge in [0.05, 0.1) is 0 Å². The summed E-state index contributed by atoms with van der Waals surface area (Å²) in [6.07, 6.45) is 2.07. The molecule has 1 aromatic carbocycles. The molecular formula is C16H24F2N2. The molecule has 1 N–H and O–H groups in total. The van der Waals surface area contributed by atoms with E-state index in [1.54, 1.807) is 0 Å². The van der Waals surface area contributed by atoms with Crippen LogP contribution in [-0.2, 0) is 0 Å². The Balaban J connectivity index is 1.95. The molecule has 4 heteroatoms. The largest absolute Gasteiger partial charge is 0.313 e.